The highest BCUT2D eigenvalue weighted by Crippen LogP contribution is 2.17. The van der Waals surface area contributed by atoms with Crippen LogP contribution in [0.4, 0.5) is 0 Å². The van der Waals surface area contributed by atoms with Crippen LogP contribution in [0.2, 0.25) is 0 Å². The van der Waals surface area contributed by atoms with E-state index in [1.165, 1.54) is 43.1 Å². The fourth-order valence-electron chi connectivity index (χ4n) is 2.83. The molecule has 0 amide bonds. The van der Waals surface area contributed by atoms with Gasteiger partial charge in [0, 0.05) is 5.56 Å². The van der Waals surface area contributed by atoms with Crippen LogP contribution in [-0.2, 0) is 0 Å². The molecule has 0 unspecified atom stereocenters. The first-order valence-electron chi connectivity index (χ1n) is 7.24. The lowest BCUT2D eigenvalue weighted by Crippen LogP contribution is -3.12. The Morgan fingerprint density at radius 1 is 0.900 bits per heavy atom. The normalized spacial score (nSPS) is 15.2. The van der Waals surface area contributed by atoms with Gasteiger partial charge in [0.2, 0.25) is 0 Å². The van der Waals surface area contributed by atoms with Gasteiger partial charge in [0.25, 0.3) is 0 Å². The van der Waals surface area contributed by atoms with Crippen molar-refractivity contribution in [2.75, 3.05) is 19.6 Å². The maximum atomic E-state index is 3.38. The molecule has 1 aliphatic heterocycles. The average Bonchev–Trinajstić information content (AvgIpc) is 2.49. The van der Waals surface area contributed by atoms with Gasteiger partial charge in [0.1, 0.15) is 6.54 Å². The molecular formula is C18H20ClN. The molecule has 0 radical (unpaired) electrons. The number of rotatable bonds is 1. The first-order chi connectivity index (χ1) is 9.43. The molecule has 20 heavy (non-hydrogen) atoms. The molecule has 2 heteroatoms. The molecular weight excluding hydrogens is 266 g/mol. The maximum Gasteiger partial charge on any atom is 0.139 e. The summed E-state index contributed by atoms with van der Waals surface area (Å²) in [4.78, 5) is 1.65. The van der Waals surface area contributed by atoms with Crippen molar-refractivity contribution in [3.05, 3.63) is 48.0 Å². The number of quaternary nitrogens is 1. The Morgan fingerprint density at radius 3 is 2.50 bits per heavy atom. The van der Waals surface area contributed by atoms with E-state index in [0.29, 0.717) is 0 Å². The lowest BCUT2D eigenvalue weighted by atomic mass is 10.1. The molecule has 2 aromatic rings. The number of piperidine rings is 1. The van der Waals surface area contributed by atoms with Crippen molar-refractivity contribution in [1.82, 2.24) is 0 Å². The zero-order chi connectivity index (χ0) is 12.9. The third kappa shape index (κ3) is 3.54. The van der Waals surface area contributed by atoms with Crippen LogP contribution in [0.5, 0.6) is 0 Å². The second kappa shape index (κ2) is 7.33. The van der Waals surface area contributed by atoms with Crippen molar-refractivity contribution >= 4 is 10.8 Å². The number of hydrogen-bond donors (Lipinski definition) is 1. The van der Waals surface area contributed by atoms with Gasteiger partial charge in [-0.15, -0.1) is 0 Å². The van der Waals surface area contributed by atoms with E-state index in [-0.39, 0.29) is 12.4 Å². The summed E-state index contributed by atoms with van der Waals surface area (Å²) in [5.74, 6) is 6.74. The van der Waals surface area contributed by atoms with E-state index in [1.54, 1.807) is 4.90 Å². The minimum atomic E-state index is 0. The molecule has 1 saturated heterocycles. The molecule has 0 aromatic heterocycles. The smallest absolute Gasteiger partial charge is 0.139 e. The van der Waals surface area contributed by atoms with E-state index in [9.17, 15) is 0 Å². The third-order valence-corrected chi connectivity index (χ3v) is 3.91. The molecule has 1 aliphatic rings. The first-order valence-corrected chi connectivity index (χ1v) is 7.24. The maximum absolute atomic E-state index is 3.38. The van der Waals surface area contributed by atoms with E-state index < -0.39 is 0 Å². The molecule has 3 rings (SSSR count). The highest BCUT2D eigenvalue weighted by molar-refractivity contribution is 5.88. The molecule has 104 valence electrons. The summed E-state index contributed by atoms with van der Waals surface area (Å²) < 4.78 is 0. The first kappa shape index (κ1) is 14.9. The quantitative estimate of drug-likeness (QED) is 0.659. The van der Waals surface area contributed by atoms with Gasteiger partial charge in [-0.2, -0.15) is 0 Å². The second-order valence-corrected chi connectivity index (χ2v) is 5.32. The molecule has 1 N–H and O–H groups in total. The molecule has 0 saturated carbocycles. The average molecular weight is 286 g/mol. The largest absolute Gasteiger partial charge is 1.00 e. The number of fused-ring (bicyclic) bond motifs is 1. The van der Waals surface area contributed by atoms with Crippen LogP contribution < -0.4 is 17.3 Å². The van der Waals surface area contributed by atoms with Gasteiger partial charge >= 0.3 is 0 Å². The summed E-state index contributed by atoms with van der Waals surface area (Å²) in [5, 5.41) is 2.55. The summed E-state index contributed by atoms with van der Waals surface area (Å²) in [7, 11) is 0. The van der Waals surface area contributed by atoms with Crippen molar-refractivity contribution in [1.29, 1.82) is 0 Å². The van der Waals surface area contributed by atoms with Crippen molar-refractivity contribution in [3.63, 3.8) is 0 Å². The topological polar surface area (TPSA) is 4.44 Å². The molecule has 1 heterocycles. The molecule has 0 atom stereocenters. The zero-order valence-electron chi connectivity index (χ0n) is 11.7. The summed E-state index contributed by atoms with van der Waals surface area (Å²) in [6, 6.07) is 14.8. The van der Waals surface area contributed by atoms with Crippen LogP contribution in [0.15, 0.2) is 42.5 Å². The minimum absolute atomic E-state index is 0. The summed E-state index contributed by atoms with van der Waals surface area (Å²) >= 11 is 0. The Bertz CT molecular complexity index is 613. The number of hydrogen-bond acceptors (Lipinski definition) is 0. The van der Waals surface area contributed by atoms with E-state index in [1.807, 2.05) is 0 Å². The van der Waals surface area contributed by atoms with Crippen LogP contribution in [0.3, 0.4) is 0 Å². The van der Waals surface area contributed by atoms with Crippen LogP contribution in [0, 0.1) is 11.8 Å². The van der Waals surface area contributed by atoms with Crippen LogP contribution in [0.25, 0.3) is 10.8 Å². The predicted molar refractivity (Wildman–Crippen MR) is 80.2 cm³/mol. The van der Waals surface area contributed by atoms with Crippen molar-refractivity contribution in [2.45, 2.75) is 19.3 Å². The van der Waals surface area contributed by atoms with E-state index in [4.69, 9.17) is 0 Å². The molecule has 0 spiro atoms. The molecule has 0 bridgehead atoms. The third-order valence-electron chi connectivity index (χ3n) is 3.91. The number of nitrogens with one attached hydrogen (secondary N) is 1. The lowest BCUT2D eigenvalue weighted by Gasteiger charge is -2.20. The molecule has 1 nitrogen and oxygen atoms in total. The van der Waals surface area contributed by atoms with E-state index >= 15 is 0 Å². The van der Waals surface area contributed by atoms with E-state index in [0.717, 1.165) is 12.1 Å². The minimum Gasteiger partial charge on any atom is -1.00 e. The highest BCUT2D eigenvalue weighted by atomic mass is 35.5. The van der Waals surface area contributed by atoms with Gasteiger partial charge < -0.3 is 17.3 Å². The monoisotopic (exact) mass is 285 g/mol. The second-order valence-electron chi connectivity index (χ2n) is 5.32. The van der Waals surface area contributed by atoms with Crippen molar-refractivity contribution in [3.8, 4) is 11.8 Å². The van der Waals surface area contributed by atoms with Gasteiger partial charge in [-0.25, -0.2) is 0 Å². The number of likely N-dealkylation sites (tertiary alicyclic amines) is 1. The van der Waals surface area contributed by atoms with Crippen LogP contribution in [0.1, 0.15) is 24.8 Å². The van der Waals surface area contributed by atoms with Crippen LogP contribution >= 0.6 is 0 Å². The zero-order valence-corrected chi connectivity index (χ0v) is 12.4. The molecule has 0 aliphatic carbocycles. The predicted octanol–water partition coefficient (Wildman–Crippen LogP) is -0.736. The van der Waals surface area contributed by atoms with Gasteiger partial charge in [-0.3, -0.25) is 0 Å². The Labute approximate surface area is 127 Å². The summed E-state index contributed by atoms with van der Waals surface area (Å²) in [6.45, 7) is 3.58. The van der Waals surface area contributed by atoms with Gasteiger partial charge in [-0.05, 0) is 42.0 Å². The fraction of sp³-hybridized carbons (Fsp3) is 0.333. The fourth-order valence-corrected chi connectivity index (χ4v) is 2.83. The van der Waals surface area contributed by atoms with Gasteiger partial charge in [0.15, 0.2) is 0 Å². The SMILES string of the molecule is C(#Cc1cccc2ccccc12)C[NH+]1CCCCC1.[Cl-]. The van der Waals surface area contributed by atoms with Gasteiger partial charge in [-0.1, -0.05) is 42.3 Å². The van der Waals surface area contributed by atoms with Gasteiger partial charge in [0.05, 0.1) is 13.1 Å². The Morgan fingerprint density at radius 2 is 1.65 bits per heavy atom. The molecule has 2 aromatic carbocycles. The number of benzene rings is 2. The van der Waals surface area contributed by atoms with Crippen molar-refractivity contribution < 1.29 is 17.3 Å². The lowest BCUT2D eigenvalue weighted by molar-refractivity contribution is -0.897. The Balaban J connectivity index is 0.00000147. The summed E-state index contributed by atoms with van der Waals surface area (Å²) in [6.07, 6.45) is 4.14. The summed E-state index contributed by atoms with van der Waals surface area (Å²) in [5.41, 5.74) is 1.16. The standard InChI is InChI=1S/C18H19N.ClH/c1-4-13-19(14-5-1)15-7-11-17-10-6-9-16-8-2-3-12-18(16)17;/h2-3,6,8-10,12H,1,4-5,13-15H2;1H. The van der Waals surface area contributed by atoms with E-state index in [2.05, 4.69) is 54.3 Å². The number of halogens is 1. The molecule has 1 fully saturated rings. The van der Waals surface area contributed by atoms with Crippen LogP contribution in [-0.4, -0.2) is 19.6 Å². The highest BCUT2D eigenvalue weighted by Gasteiger charge is 2.10. The van der Waals surface area contributed by atoms with Crippen molar-refractivity contribution in [2.24, 2.45) is 0 Å². The Hall–Kier alpha value is -1.49. The Kier molecular flexibility index (Phi) is 5.47.